The topological polar surface area (TPSA) is 61.9 Å². The normalized spacial score (nSPS) is 23.1. The molecule has 2 aliphatic rings. The van der Waals surface area contributed by atoms with Crippen molar-refractivity contribution < 1.29 is 23.1 Å². The van der Waals surface area contributed by atoms with Gasteiger partial charge in [-0.2, -0.15) is 0 Å². The van der Waals surface area contributed by atoms with Gasteiger partial charge in [0.1, 0.15) is 11.6 Å². The Morgan fingerprint density at radius 2 is 2.19 bits per heavy atom. The molecular formula is C18H23F2N3O3. The first kappa shape index (κ1) is 18.7. The molecule has 142 valence electrons. The van der Waals surface area contributed by atoms with Gasteiger partial charge in [0.2, 0.25) is 0 Å². The number of hydrogen-bond donors (Lipinski definition) is 1. The van der Waals surface area contributed by atoms with E-state index in [-0.39, 0.29) is 11.7 Å². The Morgan fingerprint density at radius 1 is 1.38 bits per heavy atom. The average molecular weight is 367 g/mol. The van der Waals surface area contributed by atoms with Crippen LogP contribution in [0.1, 0.15) is 24.4 Å². The van der Waals surface area contributed by atoms with Crippen LogP contribution in [0.4, 0.5) is 8.78 Å². The van der Waals surface area contributed by atoms with Crippen LogP contribution in [-0.4, -0.2) is 67.6 Å². The lowest BCUT2D eigenvalue weighted by Gasteiger charge is -2.30. The van der Waals surface area contributed by atoms with E-state index in [0.29, 0.717) is 39.1 Å². The van der Waals surface area contributed by atoms with Crippen LogP contribution in [0.2, 0.25) is 0 Å². The molecule has 0 radical (unpaired) electrons. The Labute approximate surface area is 151 Å². The predicted octanol–water partition coefficient (Wildman–Crippen LogP) is 1.08. The molecule has 2 fully saturated rings. The first-order valence-electron chi connectivity index (χ1n) is 8.80. The van der Waals surface area contributed by atoms with E-state index in [1.54, 1.807) is 7.05 Å². The molecule has 0 aromatic heterocycles. The first-order valence-corrected chi connectivity index (χ1v) is 8.80. The zero-order valence-corrected chi connectivity index (χ0v) is 14.7. The molecule has 2 saturated heterocycles. The van der Waals surface area contributed by atoms with E-state index < -0.39 is 29.5 Å². The molecule has 6 nitrogen and oxygen atoms in total. The maximum absolute atomic E-state index is 14.1. The van der Waals surface area contributed by atoms with Crippen LogP contribution in [0.15, 0.2) is 18.2 Å². The van der Waals surface area contributed by atoms with Crippen LogP contribution in [0, 0.1) is 11.6 Å². The molecule has 2 atom stereocenters. The second kappa shape index (κ2) is 8.09. The number of amides is 2. The minimum atomic E-state index is -0.697. The van der Waals surface area contributed by atoms with Crippen LogP contribution < -0.4 is 5.32 Å². The monoisotopic (exact) mass is 367 g/mol. The van der Waals surface area contributed by atoms with Crippen molar-refractivity contribution in [1.29, 1.82) is 0 Å². The fourth-order valence-electron chi connectivity index (χ4n) is 3.52. The highest BCUT2D eigenvalue weighted by Gasteiger charge is 2.36. The van der Waals surface area contributed by atoms with Gasteiger partial charge in [-0.3, -0.25) is 9.59 Å². The van der Waals surface area contributed by atoms with E-state index in [2.05, 4.69) is 5.32 Å². The van der Waals surface area contributed by atoms with Crippen LogP contribution in [0.5, 0.6) is 0 Å². The van der Waals surface area contributed by atoms with E-state index in [4.69, 9.17) is 4.74 Å². The molecule has 8 heteroatoms. The van der Waals surface area contributed by atoms with Gasteiger partial charge in [0, 0.05) is 44.9 Å². The van der Waals surface area contributed by atoms with Crippen molar-refractivity contribution in [3.63, 3.8) is 0 Å². The Balaban J connectivity index is 1.68. The van der Waals surface area contributed by atoms with Gasteiger partial charge >= 0.3 is 11.8 Å². The highest BCUT2D eigenvalue weighted by molar-refractivity contribution is 6.35. The number of morpholine rings is 1. The highest BCUT2D eigenvalue weighted by Crippen LogP contribution is 2.33. The van der Waals surface area contributed by atoms with Gasteiger partial charge in [0.05, 0.1) is 18.8 Å². The predicted molar refractivity (Wildman–Crippen MR) is 90.3 cm³/mol. The van der Waals surface area contributed by atoms with Crippen LogP contribution in [0.3, 0.4) is 0 Å². The minimum Gasteiger partial charge on any atom is -0.374 e. The number of carbonyl (C=O) groups excluding carboxylic acids is 2. The maximum Gasteiger partial charge on any atom is 0.312 e. The first-order chi connectivity index (χ1) is 12.5. The molecule has 0 aliphatic carbocycles. The summed E-state index contributed by atoms with van der Waals surface area (Å²) in [4.78, 5) is 27.9. The van der Waals surface area contributed by atoms with Gasteiger partial charge < -0.3 is 19.9 Å². The number of halogens is 2. The highest BCUT2D eigenvalue weighted by atomic mass is 19.1. The summed E-state index contributed by atoms with van der Waals surface area (Å²) in [5.41, 5.74) is 0.243. The Hall–Kier alpha value is -2.06. The van der Waals surface area contributed by atoms with E-state index >= 15 is 0 Å². The zero-order valence-electron chi connectivity index (χ0n) is 14.7. The van der Waals surface area contributed by atoms with Crippen LogP contribution >= 0.6 is 0 Å². The fourth-order valence-corrected chi connectivity index (χ4v) is 3.52. The summed E-state index contributed by atoms with van der Waals surface area (Å²) in [6.07, 6.45) is 1.05. The van der Waals surface area contributed by atoms with Crippen molar-refractivity contribution in [3.8, 4) is 0 Å². The van der Waals surface area contributed by atoms with Crippen LogP contribution in [0.25, 0.3) is 0 Å². The lowest BCUT2D eigenvalue weighted by Crippen LogP contribution is -2.49. The van der Waals surface area contributed by atoms with Gasteiger partial charge in [-0.1, -0.05) is 6.07 Å². The molecule has 1 aromatic rings. The number of nitrogens with zero attached hydrogens (tertiary/aromatic N) is 2. The summed E-state index contributed by atoms with van der Waals surface area (Å²) in [5, 5.41) is 3.17. The molecular weight excluding hydrogens is 344 g/mol. The van der Waals surface area contributed by atoms with Crippen molar-refractivity contribution in [2.45, 2.75) is 25.0 Å². The molecule has 1 N–H and O–H groups in total. The number of likely N-dealkylation sites (tertiary alicyclic amines) is 1. The SMILES string of the molecule is CN(CC1CNCCO1)C(=O)C(=O)N1CCCC1c1ccc(F)cc1F. The van der Waals surface area contributed by atoms with Crippen molar-refractivity contribution in [2.24, 2.45) is 0 Å². The van der Waals surface area contributed by atoms with Gasteiger partial charge in [0.15, 0.2) is 0 Å². The number of rotatable bonds is 3. The van der Waals surface area contributed by atoms with Crippen molar-refractivity contribution in [1.82, 2.24) is 15.1 Å². The molecule has 3 rings (SSSR count). The average Bonchev–Trinajstić information content (AvgIpc) is 3.10. The molecule has 2 aliphatic heterocycles. The minimum absolute atomic E-state index is 0.158. The molecule has 0 spiro atoms. The molecule has 26 heavy (non-hydrogen) atoms. The van der Waals surface area contributed by atoms with Gasteiger partial charge in [-0.25, -0.2) is 8.78 Å². The van der Waals surface area contributed by atoms with Gasteiger partial charge in [0.25, 0.3) is 0 Å². The fraction of sp³-hybridized carbons (Fsp3) is 0.556. The third-order valence-electron chi connectivity index (χ3n) is 4.85. The third-order valence-corrected chi connectivity index (χ3v) is 4.85. The van der Waals surface area contributed by atoms with E-state index in [9.17, 15) is 18.4 Å². The van der Waals surface area contributed by atoms with E-state index in [1.807, 2.05) is 0 Å². The van der Waals surface area contributed by atoms with Crippen molar-refractivity contribution >= 4 is 11.8 Å². The second-order valence-corrected chi connectivity index (χ2v) is 6.71. The molecule has 2 unspecified atom stereocenters. The number of nitrogens with one attached hydrogen (secondary N) is 1. The Morgan fingerprint density at radius 3 is 2.88 bits per heavy atom. The maximum atomic E-state index is 14.1. The van der Waals surface area contributed by atoms with Gasteiger partial charge in [-0.15, -0.1) is 0 Å². The summed E-state index contributed by atoms with van der Waals surface area (Å²) in [7, 11) is 1.56. The molecule has 2 heterocycles. The molecule has 1 aromatic carbocycles. The smallest absolute Gasteiger partial charge is 0.312 e. The number of hydrogen-bond acceptors (Lipinski definition) is 4. The summed E-state index contributed by atoms with van der Waals surface area (Å²) < 4.78 is 32.8. The number of benzene rings is 1. The standard InChI is InChI=1S/C18H23F2N3O3/c1-22(11-13-10-21-6-8-26-13)17(24)18(25)23-7-2-3-16(23)14-5-4-12(19)9-15(14)20/h4-5,9,13,16,21H,2-3,6-8,10-11H2,1H3. The third kappa shape index (κ3) is 4.02. The summed E-state index contributed by atoms with van der Waals surface area (Å²) in [6, 6.07) is 2.77. The molecule has 0 saturated carbocycles. The van der Waals surface area contributed by atoms with E-state index in [1.165, 1.54) is 21.9 Å². The zero-order chi connectivity index (χ0) is 18.7. The summed E-state index contributed by atoms with van der Waals surface area (Å²) >= 11 is 0. The van der Waals surface area contributed by atoms with Crippen molar-refractivity contribution in [2.75, 3.05) is 39.8 Å². The summed E-state index contributed by atoms with van der Waals surface area (Å²) in [5.74, 6) is -2.67. The molecule has 2 amide bonds. The van der Waals surface area contributed by atoms with Gasteiger partial charge in [-0.05, 0) is 18.9 Å². The largest absolute Gasteiger partial charge is 0.374 e. The van der Waals surface area contributed by atoms with Crippen LogP contribution in [-0.2, 0) is 14.3 Å². The van der Waals surface area contributed by atoms with Crippen molar-refractivity contribution in [3.05, 3.63) is 35.4 Å². The number of carbonyl (C=O) groups is 2. The lowest BCUT2D eigenvalue weighted by molar-refractivity contribution is -0.152. The Kier molecular flexibility index (Phi) is 5.83. The lowest BCUT2D eigenvalue weighted by atomic mass is 10.0. The number of ether oxygens (including phenoxy) is 1. The summed E-state index contributed by atoms with van der Waals surface area (Å²) in [6.45, 7) is 2.64. The molecule has 0 bridgehead atoms. The van der Waals surface area contributed by atoms with E-state index in [0.717, 1.165) is 12.6 Å². The number of likely N-dealkylation sites (N-methyl/N-ethyl adjacent to an activating group) is 1. The second-order valence-electron chi connectivity index (χ2n) is 6.71. The Bertz CT molecular complexity index is 680. The quantitative estimate of drug-likeness (QED) is 0.812.